The van der Waals surface area contributed by atoms with Crippen LogP contribution in [-0.4, -0.2) is 6.04 Å². The topological polar surface area (TPSA) is 35.2 Å². The Hall–Kier alpha value is -1.94. The van der Waals surface area contributed by atoms with E-state index in [9.17, 15) is 8.78 Å². The molecular formula is C16H17F2NO. The Balaban J connectivity index is 2.36. The molecule has 0 aliphatic carbocycles. The third-order valence-corrected chi connectivity index (χ3v) is 3.09. The molecule has 2 atom stereocenters. The Bertz CT molecular complexity index is 599. The number of ether oxygens (including phenoxy) is 1. The molecule has 0 aromatic heterocycles. The molecule has 2 unspecified atom stereocenters. The van der Waals surface area contributed by atoms with Crippen LogP contribution in [0.2, 0.25) is 0 Å². The molecule has 0 saturated carbocycles. The number of nitrogens with two attached hydrogens (primary N) is 1. The van der Waals surface area contributed by atoms with E-state index in [1.54, 1.807) is 38.1 Å². The zero-order valence-corrected chi connectivity index (χ0v) is 11.4. The zero-order chi connectivity index (χ0) is 14.7. The maximum Gasteiger partial charge on any atom is 0.141 e. The van der Waals surface area contributed by atoms with Crippen molar-refractivity contribution in [2.24, 2.45) is 5.73 Å². The maximum absolute atomic E-state index is 13.9. The fraction of sp³-hybridized carbons (Fsp3) is 0.250. The van der Waals surface area contributed by atoms with Crippen LogP contribution in [0.1, 0.15) is 24.2 Å². The van der Waals surface area contributed by atoms with Crippen molar-refractivity contribution in [2.75, 3.05) is 0 Å². The first-order valence-corrected chi connectivity index (χ1v) is 6.42. The molecule has 0 fully saturated rings. The Morgan fingerprint density at radius 1 is 1.10 bits per heavy atom. The third-order valence-electron chi connectivity index (χ3n) is 3.09. The van der Waals surface area contributed by atoms with Crippen molar-refractivity contribution >= 4 is 0 Å². The summed E-state index contributed by atoms with van der Waals surface area (Å²) in [7, 11) is 0. The summed E-state index contributed by atoms with van der Waals surface area (Å²) in [6.07, 6.45) is -0.670. The van der Waals surface area contributed by atoms with E-state index < -0.39 is 18.0 Å². The van der Waals surface area contributed by atoms with Crippen LogP contribution in [-0.2, 0) is 0 Å². The molecular weight excluding hydrogens is 260 g/mol. The fourth-order valence-electron chi connectivity index (χ4n) is 2.00. The first-order chi connectivity index (χ1) is 9.49. The van der Waals surface area contributed by atoms with Gasteiger partial charge in [0.25, 0.3) is 0 Å². The summed E-state index contributed by atoms with van der Waals surface area (Å²) in [6, 6.07) is 10.1. The minimum absolute atomic E-state index is 0.367. The highest BCUT2D eigenvalue weighted by Crippen LogP contribution is 2.28. The first kappa shape index (κ1) is 14.5. The largest absolute Gasteiger partial charge is 0.484 e. The van der Waals surface area contributed by atoms with Gasteiger partial charge in [-0.3, -0.25) is 0 Å². The average molecular weight is 277 g/mol. The number of halogens is 2. The molecule has 2 nitrogen and oxygen atoms in total. The molecule has 0 radical (unpaired) electrons. The van der Waals surface area contributed by atoms with Gasteiger partial charge in [0.05, 0.1) is 0 Å². The molecule has 0 amide bonds. The average Bonchev–Trinajstić information content (AvgIpc) is 2.40. The van der Waals surface area contributed by atoms with Crippen molar-refractivity contribution in [1.82, 2.24) is 0 Å². The summed E-state index contributed by atoms with van der Waals surface area (Å²) in [5, 5.41) is 0. The summed E-state index contributed by atoms with van der Waals surface area (Å²) < 4.78 is 32.9. The van der Waals surface area contributed by atoms with Crippen molar-refractivity contribution in [2.45, 2.75) is 26.0 Å². The van der Waals surface area contributed by atoms with Gasteiger partial charge in [-0.2, -0.15) is 0 Å². The lowest BCUT2D eigenvalue weighted by atomic mass is 10.0. The summed E-state index contributed by atoms with van der Waals surface area (Å²) in [6.45, 7) is 3.53. The second-order valence-electron chi connectivity index (χ2n) is 4.83. The number of hydrogen-bond acceptors (Lipinski definition) is 2. The molecule has 2 aromatic carbocycles. The van der Waals surface area contributed by atoms with Gasteiger partial charge in [-0.1, -0.05) is 24.3 Å². The molecule has 0 saturated heterocycles. The van der Waals surface area contributed by atoms with E-state index in [2.05, 4.69) is 0 Å². The second-order valence-corrected chi connectivity index (χ2v) is 4.83. The highest BCUT2D eigenvalue weighted by atomic mass is 19.1. The van der Waals surface area contributed by atoms with Gasteiger partial charge in [0.2, 0.25) is 0 Å². The predicted molar refractivity (Wildman–Crippen MR) is 74.6 cm³/mol. The highest BCUT2D eigenvalue weighted by molar-refractivity contribution is 5.34. The molecule has 0 aliphatic rings. The lowest BCUT2D eigenvalue weighted by Gasteiger charge is -2.24. The van der Waals surface area contributed by atoms with Crippen molar-refractivity contribution < 1.29 is 13.5 Å². The van der Waals surface area contributed by atoms with E-state index in [1.807, 2.05) is 0 Å². The van der Waals surface area contributed by atoms with Crippen LogP contribution in [0, 0.1) is 18.6 Å². The Labute approximate surface area is 117 Å². The highest BCUT2D eigenvalue weighted by Gasteiger charge is 2.22. The van der Waals surface area contributed by atoms with Gasteiger partial charge in [0.1, 0.15) is 23.5 Å². The predicted octanol–water partition coefficient (Wildman–Crippen LogP) is 3.74. The molecule has 20 heavy (non-hydrogen) atoms. The van der Waals surface area contributed by atoms with E-state index in [4.69, 9.17) is 10.5 Å². The molecule has 2 rings (SSSR count). The van der Waals surface area contributed by atoms with Gasteiger partial charge < -0.3 is 10.5 Å². The van der Waals surface area contributed by atoms with Gasteiger partial charge in [-0.05, 0) is 31.5 Å². The molecule has 0 heterocycles. The SMILES string of the molecule is Cc1ccc(F)cc1OC(c1ccccc1F)C(C)N. The van der Waals surface area contributed by atoms with Crippen molar-refractivity contribution in [3.05, 3.63) is 65.2 Å². The Morgan fingerprint density at radius 2 is 1.80 bits per heavy atom. The minimum Gasteiger partial charge on any atom is -0.484 e. The van der Waals surface area contributed by atoms with E-state index in [-0.39, 0.29) is 5.82 Å². The minimum atomic E-state index is -0.670. The maximum atomic E-state index is 13.9. The molecule has 106 valence electrons. The lowest BCUT2D eigenvalue weighted by Crippen LogP contribution is -2.30. The van der Waals surface area contributed by atoms with Crippen LogP contribution < -0.4 is 10.5 Å². The molecule has 0 bridgehead atoms. The molecule has 2 N–H and O–H groups in total. The molecule has 0 aliphatic heterocycles. The van der Waals surface area contributed by atoms with E-state index in [0.29, 0.717) is 11.3 Å². The van der Waals surface area contributed by atoms with Crippen LogP contribution >= 0.6 is 0 Å². The Morgan fingerprint density at radius 3 is 2.45 bits per heavy atom. The summed E-state index contributed by atoms with van der Waals surface area (Å²) in [5.74, 6) is -0.415. The molecule has 4 heteroatoms. The van der Waals surface area contributed by atoms with Gasteiger partial charge in [-0.25, -0.2) is 8.78 Å². The van der Waals surface area contributed by atoms with Crippen LogP contribution in [0.4, 0.5) is 8.78 Å². The van der Waals surface area contributed by atoms with Crippen LogP contribution in [0.25, 0.3) is 0 Å². The molecule has 0 spiro atoms. The van der Waals surface area contributed by atoms with Crippen molar-refractivity contribution in [3.8, 4) is 5.75 Å². The van der Waals surface area contributed by atoms with Crippen molar-refractivity contribution in [1.29, 1.82) is 0 Å². The first-order valence-electron chi connectivity index (χ1n) is 6.42. The zero-order valence-electron chi connectivity index (χ0n) is 11.4. The van der Waals surface area contributed by atoms with Crippen LogP contribution in [0.3, 0.4) is 0 Å². The number of aryl methyl sites for hydroxylation is 1. The fourth-order valence-corrected chi connectivity index (χ4v) is 2.00. The summed E-state index contributed by atoms with van der Waals surface area (Å²) in [4.78, 5) is 0. The quantitative estimate of drug-likeness (QED) is 0.924. The van der Waals surface area contributed by atoms with Gasteiger partial charge in [-0.15, -0.1) is 0 Å². The van der Waals surface area contributed by atoms with Gasteiger partial charge in [0.15, 0.2) is 0 Å². The van der Waals surface area contributed by atoms with Gasteiger partial charge in [0, 0.05) is 17.7 Å². The number of benzene rings is 2. The number of hydrogen-bond donors (Lipinski definition) is 1. The molecule has 2 aromatic rings. The second kappa shape index (κ2) is 6.01. The summed E-state index contributed by atoms with van der Waals surface area (Å²) in [5.41, 5.74) is 7.03. The summed E-state index contributed by atoms with van der Waals surface area (Å²) >= 11 is 0. The van der Waals surface area contributed by atoms with E-state index >= 15 is 0 Å². The third kappa shape index (κ3) is 3.14. The van der Waals surface area contributed by atoms with Crippen LogP contribution in [0.15, 0.2) is 42.5 Å². The smallest absolute Gasteiger partial charge is 0.141 e. The van der Waals surface area contributed by atoms with E-state index in [0.717, 1.165) is 5.56 Å². The van der Waals surface area contributed by atoms with Crippen molar-refractivity contribution in [3.63, 3.8) is 0 Å². The van der Waals surface area contributed by atoms with Crippen LogP contribution in [0.5, 0.6) is 5.75 Å². The normalized spacial score (nSPS) is 13.8. The standard InChI is InChI=1S/C16H17F2NO/c1-10-7-8-12(17)9-15(10)20-16(11(2)19)13-5-3-4-6-14(13)18/h3-9,11,16H,19H2,1-2H3. The monoisotopic (exact) mass is 277 g/mol. The van der Waals surface area contributed by atoms with Gasteiger partial charge >= 0.3 is 0 Å². The Kier molecular flexibility index (Phi) is 4.35. The number of rotatable bonds is 4. The lowest BCUT2D eigenvalue weighted by molar-refractivity contribution is 0.174. The van der Waals surface area contributed by atoms with E-state index in [1.165, 1.54) is 18.2 Å².